The number of carbonyl (C=O) groups excluding carboxylic acids is 1. The number of ether oxygens (including phenoxy) is 1. The van der Waals surface area contributed by atoms with Crippen molar-refractivity contribution < 1.29 is 13.9 Å². The van der Waals surface area contributed by atoms with Crippen LogP contribution in [0.25, 0.3) is 0 Å². The third kappa shape index (κ3) is 5.80. The van der Waals surface area contributed by atoms with E-state index in [0.29, 0.717) is 13.1 Å². The van der Waals surface area contributed by atoms with Crippen LogP contribution in [0.4, 0.5) is 4.39 Å². The Morgan fingerprint density at radius 2 is 1.86 bits per heavy atom. The zero-order valence-electron chi connectivity index (χ0n) is 16.5. The summed E-state index contributed by atoms with van der Waals surface area (Å²) in [6.45, 7) is 2.97. The minimum Gasteiger partial charge on any atom is -0.497 e. The summed E-state index contributed by atoms with van der Waals surface area (Å²) in [6.07, 6.45) is 3.52. The number of rotatable bonds is 8. The first kappa shape index (κ1) is 20.3. The molecule has 3 rings (SSSR count). The maximum Gasteiger partial charge on any atom is 0.223 e. The summed E-state index contributed by atoms with van der Waals surface area (Å²) in [4.78, 5) is 14.6. The Labute approximate surface area is 166 Å². The van der Waals surface area contributed by atoms with E-state index in [9.17, 15) is 9.18 Å². The van der Waals surface area contributed by atoms with Crippen LogP contribution < -0.4 is 10.1 Å². The van der Waals surface area contributed by atoms with Gasteiger partial charge in [-0.25, -0.2) is 4.39 Å². The van der Waals surface area contributed by atoms with Crippen molar-refractivity contribution in [2.75, 3.05) is 26.7 Å². The molecule has 1 amide bonds. The average molecular weight is 384 g/mol. The molecular weight excluding hydrogens is 355 g/mol. The number of methoxy groups -OCH3 is 1. The van der Waals surface area contributed by atoms with Crippen molar-refractivity contribution in [2.24, 2.45) is 5.92 Å². The van der Waals surface area contributed by atoms with E-state index in [1.807, 2.05) is 24.3 Å². The lowest BCUT2D eigenvalue weighted by molar-refractivity contribution is -0.126. The highest BCUT2D eigenvalue weighted by molar-refractivity contribution is 5.78. The second kappa shape index (κ2) is 10.2. The van der Waals surface area contributed by atoms with E-state index in [1.54, 1.807) is 13.2 Å². The molecule has 0 bridgehead atoms. The molecule has 5 heteroatoms. The average Bonchev–Trinajstić information content (AvgIpc) is 2.73. The van der Waals surface area contributed by atoms with Crippen molar-refractivity contribution in [2.45, 2.75) is 32.2 Å². The van der Waals surface area contributed by atoms with Crippen LogP contribution in [0, 0.1) is 11.7 Å². The van der Waals surface area contributed by atoms with Crippen LogP contribution in [-0.2, 0) is 17.8 Å². The normalized spacial score (nSPS) is 15.4. The molecule has 1 fully saturated rings. The van der Waals surface area contributed by atoms with Crippen LogP contribution in [0.3, 0.4) is 0 Å². The van der Waals surface area contributed by atoms with Crippen molar-refractivity contribution in [3.8, 4) is 5.75 Å². The number of nitrogens with one attached hydrogen (secondary N) is 1. The molecule has 2 aromatic rings. The van der Waals surface area contributed by atoms with Gasteiger partial charge in [-0.3, -0.25) is 9.69 Å². The Hall–Kier alpha value is -2.40. The Bertz CT molecular complexity index is 755. The van der Waals surface area contributed by atoms with Gasteiger partial charge in [0.25, 0.3) is 0 Å². The first-order chi connectivity index (χ1) is 13.7. The topological polar surface area (TPSA) is 41.6 Å². The molecule has 0 spiro atoms. The van der Waals surface area contributed by atoms with Gasteiger partial charge in [-0.2, -0.15) is 0 Å². The quantitative estimate of drug-likeness (QED) is 0.704. The Morgan fingerprint density at radius 3 is 2.54 bits per heavy atom. The first-order valence-electron chi connectivity index (χ1n) is 10.0. The van der Waals surface area contributed by atoms with E-state index in [4.69, 9.17) is 4.74 Å². The molecule has 1 heterocycles. The maximum atomic E-state index is 13.8. The summed E-state index contributed by atoms with van der Waals surface area (Å²) in [5, 5.41) is 3.08. The second-order valence-corrected chi connectivity index (χ2v) is 7.38. The van der Waals surface area contributed by atoms with Crippen molar-refractivity contribution in [1.29, 1.82) is 0 Å². The van der Waals surface area contributed by atoms with E-state index >= 15 is 0 Å². The zero-order chi connectivity index (χ0) is 19.8. The predicted molar refractivity (Wildman–Crippen MR) is 109 cm³/mol. The van der Waals surface area contributed by atoms with E-state index in [1.165, 1.54) is 11.6 Å². The van der Waals surface area contributed by atoms with Crippen LogP contribution in [0.2, 0.25) is 0 Å². The molecule has 28 heavy (non-hydrogen) atoms. The first-order valence-corrected chi connectivity index (χ1v) is 10.0. The zero-order valence-corrected chi connectivity index (χ0v) is 16.5. The van der Waals surface area contributed by atoms with Gasteiger partial charge in [-0.15, -0.1) is 0 Å². The fraction of sp³-hybridized carbons (Fsp3) is 0.435. The third-order valence-corrected chi connectivity index (χ3v) is 5.41. The van der Waals surface area contributed by atoms with Crippen LogP contribution in [0.15, 0.2) is 48.5 Å². The number of amides is 1. The predicted octanol–water partition coefficient (Wildman–Crippen LogP) is 3.80. The maximum absolute atomic E-state index is 13.8. The van der Waals surface area contributed by atoms with E-state index < -0.39 is 0 Å². The third-order valence-electron chi connectivity index (χ3n) is 5.41. The Morgan fingerprint density at radius 1 is 1.14 bits per heavy atom. The molecule has 0 saturated carbocycles. The van der Waals surface area contributed by atoms with Gasteiger partial charge in [0.15, 0.2) is 0 Å². The molecule has 0 radical (unpaired) electrons. The van der Waals surface area contributed by atoms with Gasteiger partial charge in [0.05, 0.1) is 7.11 Å². The standard InChI is InChI=1S/C23H29FN2O2/c1-28-21-10-8-18(9-11-21)5-4-14-25-23(27)19-12-15-26(16-13-19)17-20-6-2-3-7-22(20)24/h2-3,6-11,19H,4-5,12-17H2,1H3,(H,25,27). The summed E-state index contributed by atoms with van der Waals surface area (Å²) in [5.41, 5.74) is 1.97. The number of halogens is 1. The summed E-state index contributed by atoms with van der Waals surface area (Å²) in [7, 11) is 1.66. The molecule has 1 saturated heterocycles. The number of benzene rings is 2. The Kier molecular flexibility index (Phi) is 7.43. The monoisotopic (exact) mass is 384 g/mol. The SMILES string of the molecule is COc1ccc(CCCNC(=O)C2CCN(Cc3ccccc3F)CC2)cc1. The molecule has 1 N–H and O–H groups in total. The minimum absolute atomic E-state index is 0.0675. The lowest BCUT2D eigenvalue weighted by Gasteiger charge is -2.31. The van der Waals surface area contributed by atoms with Crippen molar-refractivity contribution in [3.05, 3.63) is 65.5 Å². The van der Waals surface area contributed by atoms with Gasteiger partial charge in [0.2, 0.25) is 5.91 Å². The van der Waals surface area contributed by atoms with Gasteiger partial charge in [-0.1, -0.05) is 30.3 Å². The fourth-order valence-electron chi connectivity index (χ4n) is 3.66. The smallest absolute Gasteiger partial charge is 0.223 e. The Balaban J connectivity index is 1.34. The largest absolute Gasteiger partial charge is 0.497 e. The highest BCUT2D eigenvalue weighted by Crippen LogP contribution is 2.20. The molecule has 1 aliphatic rings. The fourth-order valence-corrected chi connectivity index (χ4v) is 3.66. The second-order valence-electron chi connectivity index (χ2n) is 7.38. The van der Waals surface area contributed by atoms with E-state index in [0.717, 1.165) is 50.1 Å². The van der Waals surface area contributed by atoms with E-state index in [2.05, 4.69) is 22.3 Å². The number of piperidine rings is 1. The summed E-state index contributed by atoms with van der Waals surface area (Å²) < 4.78 is 18.9. The molecule has 0 aromatic heterocycles. The van der Waals surface area contributed by atoms with Gasteiger partial charge in [0.1, 0.15) is 11.6 Å². The van der Waals surface area contributed by atoms with Crippen molar-refractivity contribution in [3.63, 3.8) is 0 Å². The highest BCUT2D eigenvalue weighted by atomic mass is 19.1. The molecule has 0 atom stereocenters. The molecule has 1 aliphatic heterocycles. The number of nitrogens with zero attached hydrogens (tertiary/aromatic N) is 1. The molecule has 4 nitrogen and oxygen atoms in total. The number of carbonyl (C=O) groups is 1. The van der Waals surface area contributed by atoms with Crippen molar-refractivity contribution >= 4 is 5.91 Å². The van der Waals surface area contributed by atoms with Crippen LogP contribution in [0.1, 0.15) is 30.4 Å². The lowest BCUT2D eigenvalue weighted by atomic mass is 9.95. The molecule has 150 valence electrons. The number of likely N-dealkylation sites (tertiary alicyclic amines) is 1. The molecular formula is C23H29FN2O2. The van der Waals surface area contributed by atoms with E-state index in [-0.39, 0.29) is 17.6 Å². The number of aryl methyl sites for hydroxylation is 1. The van der Waals surface area contributed by atoms with Crippen LogP contribution in [-0.4, -0.2) is 37.6 Å². The number of hydrogen-bond donors (Lipinski definition) is 1. The van der Waals surface area contributed by atoms with Crippen LogP contribution in [0.5, 0.6) is 5.75 Å². The van der Waals surface area contributed by atoms with Gasteiger partial charge >= 0.3 is 0 Å². The molecule has 0 unspecified atom stereocenters. The summed E-state index contributed by atoms with van der Waals surface area (Å²) in [6, 6.07) is 15.0. The van der Waals surface area contributed by atoms with Gasteiger partial charge in [0, 0.05) is 24.6 Å². The van der Waals surface area contributed by atoms with Gasteiger partial charge in [-0.05, 0) is 62.5 Å². The number of hydrogen-bond acceptors (Lipinski definition) is 3. The summed E-state index contributed by atoms with van der Waals surface area (Å²) in [5.74, 6) is 0.927. The molecule has 0 aliphatic carbocycles. The summed E-state index contributed by atoms with van der Waals surface area (Å²) >= 11 is 0. The minimum atomic E-state index is -0.153. The van der Waals surface area contributed by atoms with Crippen molar-refractivity contribution in [1.82, 2.24) is 10.2 Å². The van der Waals surface area contributed by atoms with Gasteiger partial charge < -0.3 is 10.1 Å². The highest BCUT2D eigenvalue weighted by Gasteiger charge is 2.25. The molecule has 2 aromatic carbocycles. The lowest BCUT2D eigenvalue weighted by Crippen LogP contribution is -2.40. The van der Waals surface area contributed by atoms with Crippen LogP contribution >= 0.6 is 0 Å².